The van der Waals surface area contributed by atoms with Gasteiger partial charge < -0.3 is 15.4 Å². The number of rotatable bonds is 5. The molecular formula is C15H20N2O3. The first-order valence-electron chi connectivity index (χ1n) is 6.88. The molecule has 2 N–H and O–H groups in total. The minimum atomic E-state index is -0.222. The maximum Gasteiger partial charge on any atom is 0.319 e. The van der Waals surface area contributed by atoms with Crippen molar-refractivity contribution in [2.75, 3.05) is 11.9 Å². The molecule has 2 amide bonds. The van der Waals surface area contributed by atoms with E-state index in [0.717, 1.165) is 12.8 Å². The van der Waals surface area contributed by atoms with Crippen LogP contribution in [0.2, 0.25) is 0 Å². The highest BCUT2D eigenvalue weighted by atomic mass is 16.5. The molecule has 1 fully saturated rings. The Bertz CT molecular complexity index is 478. The van der Waals surface area contributed by atoms with Gasteiger partial charge in [-0.1, -0.05) is 0 Å². The summed E-state index contributed by atoms with van der Waals surface area (Å²) in [6.07, 6.45) is 2.01. The van der Waals surface area contributed by atoms with Gasteiger partial charge >= 0.3 is 6.03 Å². The molecule has 2 rings (SSSR count). The Morgan fingerprint density at radius 2 is 1.90 bits per heavy atom. The van der Waals surface area contributed by atoms with Crippen LogP contribution in [0.5, 0.6) is 0 Å². The summed E-state index contributed by atoms with van der Waals surface area (Å²) in [7, 11) is 0. The predicted molar refractivity (Wildman–Crippen MR) is 77.0 cm³/mol. The van der Waals surface area contributed by atoms with Gasteiger partial charge in [0, 0.05) is 23.9 Å². The maximum atomic E-state index is 11.8. The molecule has 5 heteroatoms. The van der Waals surface area contributed by atoms with E-state index in [1.54, 1.807) is 24.3 Å². The molecule has 0 atom stereocenters. The van der Waals surface area contributed by atoms with Crippen LogP contribution in [0.3, 0.4) is 0 Å². The average molecular weight is 276 g/mol. The monoisotopic (exact) mass is 276 g/mol. The fourth-order valence-corrected chi connectivity index (χ4v) is 2.20. The predicted octanol–water partition coefficient (Wildman–Crippen LogP) is 2.58. The number of urea groups is 1. The number of ether oxygens (including phenoxy) is 1. The van der Waals surface area contributed by atoms with Crippen molar-refractivity contribution in [2.24, 2.45) is 0 Å². The van der Waals surface area contributed by atoms with Crippen LogP contribution in [0, 0.1) is 0 Å². The van der Waals surface area contributed by atoms with Gasteiger partial charge in [-0.05, 0) is 51.0 Å². The molecule has 108 valence electrons. The molecule has 0 aliphatic heterocycles. The van der Waals surface area contributed by atoms with Crippen molar-refractivity contribution < 1.29 is 14.3 Å². The summed E-state index contributed by atoms with van der Waals surface area (Å²) in [4.78, 5) is 22.9. The van der Waals surface area contributed by atoms with Crippen molar-refractivity contribution in [1.82, 2.24) is 5.32 Å². The van der Waals surface area contributed by atoms with Gasteiger partial charge in [-0.25, -0.2) is 4.79 Å². The van der Waals surface area contributed by atoms with E-state index in [4.69, 9.17) is 4.74 Å². The number of anilines is 1. The fourth-order valence-electron chi connectivity index (χ4n) is 2.20. The Kier molecular flexibility index (Phi) is 4.74. The lowest BCUT2D eigenvalue weighted by molar-refractivity contribution is -0.00673. The van der Waals surface area contributed by atoms with E-state index in [2.05, 4.69) is 10.6 Å². The number of hydrogen-bond donors (Lipinski definition) is 2. The lowest BCUT2D eigenvalue weighted by Gasteiger charge is -2.35. The second kappa shape index (κ2) is 6.52. The van der Waals surface area contributed by atoms with Crippen LogP contribution in [0.1, 0.15) is 37.0 Å². The molecule has 0 unspecified atom stereocenters. The summed E-state index contributed by atoms with van der Waals surface area (Å²) in [5, 5.41) is 5.65. The van der Waals surface area contributed by atoms with Gasteiger partial charge in [-0.2, -0.15) is 0 Å². The zero-order valence-corrected chi connectivity index (χ0v) is 11.8. The Labute approximate surface area is 118 Å². The summed E-state index contributed by atoms with van der Waals surface area (Å²) in [6.45, 7) is 4.20. The average Bonchev–Trinajstić information content (AvgIpc) is 2.37. The Hall–Kier alpha value is -1.88. The van der Waals surface area contributed by atoms with Crippen molar-refractivity contribution in [2.45, 2.75) is 38.8 Å². The van der Waals surface area contributed by atoms with Crippen molar-refractivity contribution in [1.29, 1.82) is 0 Å². The molecule has 5 nitrogen and oxygen atoms in total. The normalized spacial score (nSPS) is 20.9. The van der Waals surface area contributed by atoms with Gasteiger partial charge in [0.25, 0.3) is 0 Å². The summed E-state index contributed by atoms with van der Waals surface area (Å²) < 4.78 is 5.44. The Balaban J connectivity index is 1.76. The number of hydrogen-bond acceptors (Lipinski definition) is 3. The third-order valence-corrected chi connectivity index (χ3v) is 3.38. The first-order chi connectivity index (χ1) is 9.58. The SMILES string of the molecule is CCOC1CC(NC(=O)Nc2ccc(C(C)=O)cc2)C1. The zero-order chi connectivity index (χ0) is 14.5. The van der Waals surface area contributed by atoms with Gasteiger partial charge in [-0.3, -0.25) is 4.79 Å². The number of benzene rings is 1. The highest BCUT2D eigenvalue weighted by Gasteiger charge is 2.30. The number of carbonyl (C=O) groups is 2. The van der Waals surface area contributed by atoms with E-state index in [9.17, 15) is 9.59 Å². The molecule has 0 radical (unpaired) electrons. The summed E-state index contributed by atoms with van der Waals surface area (Å²) >= 11 is 0. The van der Waals surface area contributed by atoms with Crippen LogP contribution in [-0.2, 0) is 4.74 Å². The van der Waals surface area contributed by atoms with Crippen LogP contribution in [0.4, 0.5) is 10.5 Å². The molecule has 0 spiro atoms. The van der Waals surface area contributed by atoms with Crippen molar-refractivity contribution in [3.63, 3.8) is 0 Å². The lowest BCUT2D eigenvalue weighted by Crippen LogP contribution is -2.49. The third kappa shape index (κ3) is 3.81. The van der Waals surface area contributed by atoms with E-state index in [-0.39, 0.29) is 24.0 Å². The van der Waals surface area contributed by atoms with E-state index in [1.807, 2.05) is 6.92 Å². The highest BCUT2D eigenvalue weighted by molar-refractivity contribution is 5.95. The number of nitrogens with one attached hydrogen (secondary N) is 2. The molecule has 20 heavy (non-hydrogen) atoms. The van der Waals surface area contributed by atoms with Crippen LogP contribution in [-0.4, -0.2) is 30.6 Å². The van der Waals surface area contributed by atoms with E-state index in [0.29, 0.717) is 17.9 Å². The van der Waals surface area contributed by atoms with Gasteiger partial charge in [0.2, 0.25) is 0 Å². The number of carbonyl (C=O) groups excluding carboxylic acids is 2. The minimum Gasteiger partial charge on any atom is -0.378 e. The molecule has 0 bridgehead atoms. The number of Topliss-reactive ketones (excluding diaryl/α,β-unsaturated/α-hetero) is 1. The first-order valence-corrected chi connectivity index (χ1v) is 6.88. The zero-order valence-electron chi connectivity index (χ0n) is 11.8. The van der Waals surface area contributed by atoms with Crippen molar-refractivity contribution >= 4 is 17.5 Å². The van der Waals surface area contributed by atoms with Crippen LogP contribution in [0.15, 0.2) is 24.3 Å². The molecule has 1 aromatic carbocycles. The van der Waals surface area contributed by atoms with Gasteiger partial charge in [-0.15, -0.1) is 0 Å². The summed E-state index contributed by atoms with van der Waals surface area (Å²) in [5.74, 6) is 0.0115. The Morgan fingerprint density at radius 3 is 2.45 bits per heavy atom. The molecule has 1 aromatic rings. The lowest BCUT2D eigenvalue weighted by atomic mass is 9.89. The number of ketones is 1. The quantitative estimate of drug-likeness (QED) is 0.812. The van der Waals surface area contributed by atoms with Crippen molar-refractivity contribution in [3.8, 4) is 0 Å². The summed E-state index contributed by atoms with van der Waals surface area (Å²) in [6, 6.07) is 6.81. The van der Waals surface area contributed by atoms with E-state index >= 15 is 0 Å². The fraction of sp³-hybridized carbons (Fsp3) is 0.467. The molecule has 1 saturated carbocycles. The molecule has 0 saturated heterocycles. The van der Waals surface area contributed by atoms with Crippen LogP contribution in [0.25, 0.3) is 0 Å². The third-order valence-electron chi connectivity index (χ3n) is 3.38. The smallest absolute Gasteiger partial charge is 0.319 e. The molecule has 0 heterocycles. The first kappa shape index (κ1) is 14.5. The molecule has 1 aliphatic carbocycles. The number of amides is 2. The Morgan fingerprint density at radius 1 is 1.25 bits per heavy atom. The molecule has 0 aromatic heterocycles. The van der Waals surface area contributed by atoms with Gasteiger partial charge in [0.15, 0.2) is 5.78 Å². The molecule has 1 aliphatic rings. The highest BCUT2D eigenvalue weighted by Crippen LogP contribution is 2.23. The standard InChI is InChI=1S/C15H20N2O3/c1-3-20-14-8-13(9-14)17-15(19)16-12-6-4-11(5-7-12)10(2)18/h4-7,13-14H,3,8-9H2,1-2H3,(H2,16,17,19). The topological polar surface area (TPSA) is 67.4 Å². The minimum absolute atomic E-state index is 0.0115. The van der Waals surface area contributed by atoms with Gasteiger partial charge in [0.05, 0.1) is 6.10 Å². The van der Waals surface area contributed by atoms with Crippen LogP contribution < -0.4 is 10.6 Å². The summed E-state index contributed by atoms with van der Waals surface area (Å²) in [5.41, 5.74) is 1.31. The molecular weight excluding hydrogens is 256 g/mol. The largest absolute Gasteiger partial charge is 0.378 e. The maximum absolute atomic E-state index is 11.8. The van der Waals surface area contributed by atoms with Crippen LogP contribution >= 0.6 is 0 Å². The second-order valence-electron chi connectivity index (χ2n) is 4.98. The van der Waals surface area contributed by atoms with Crippen molar-refractivity contribution in [3.05, 3.63) is 29.8 Å². The van der Waals surface area contributed by atoms with Gasteiger partial charge in [0.1, 0.15) is 0 Å². The second-order valence-corrected chi connectivity index (χ2v) is 4.98. The van der Waals surface area contributed by atoms with E-state index < -0.39 is 0 Å². The van der Waals surface area contributed by atoms with E-state index in [1.165, 1.54) is 6.92 Å².